The van der Waals surface area contributed by atoms with Crippen LogP contribution in [0.5, 0.6) is 0 Å². The first-order valence-corrected chi connectivity index (χ1v) is 2.90. The number of esters is 2. The molecule has 0 aliphatic rings. The first-order chi connectivity index (χ1) is 5.67. The maximum Gasteiger partial charge on any atom is 0.343 e. The molecule has 66 valence electrons. The highest BCUT2D eigenvalue weighted by Gasteiger charge is 2.27. The summed E-state index contributed by atoms with van der Waals surface area (Å²) < 4.78 is 8.35. The molecule has 0 spiro atoms. The summed E-state index contributed by atoms with van der Waals surface area (Å²) in [7, 11) is 2.14. The molecule has 0 heterocycles. The molecule has 0 radical (unpaired) electrons. The van der Waals surface area contributed by atoms with Crippen molar-refractivity contribution in [3.63, 3.8) is 0 Å². The summed E-state index contributed by atoms with van der Waals surface area (Å²) in [6.07, 6.45) is 1.07. The van der Waals surface area contributed by atoms with Crippen LogP contribution in [0.25, 0.3) is 0 Å². The van der Waals surface area contributed by atoms with Crippen LogP contribution in [0.3, 0.4) is 0 Å². The van der Waals surface area contributed by atoms with E-state index in [0.29, 0.717) is 0 Å². The number of aliphatic imine (C=N–C) groups is 1. The van der Waals surface area contributed by atoms with E-state index in [4.69, 9.17) is 0 Å². The van der Waals surface area contributed by atoms with Gasteiger partial charge in [0.25, 0.3) is 6.04 Å². The Morgan fingerprint density at radius 2 is 1.67 bits per heavy atom. The molecule has 0 aromatic rings. The molecule has 0 saturated carbocycles. The van der Waals surface area contributed by atoms with Crippen LogP contribution >= 0.6 is 0 Å². The zero-order chi connectivity index (χ0) is 9.56. The van der Waals surface area contributed by atoms with Crippen LogP contribution in [0.2, 0.25) is 0 Å². The largest absolute Gasteiger partial charge is 0.467 e. The highest BCUT2D eigenvalue weighted by atomic mass is 16.5. The molecule has 0 bridgehead atoms. The molecule has 0 rings (SSSR count). The van der Waals surface area contributed by atoms with E-state index in [1.165, 1.54) is 0 Å². The minimum absolute atomic E-state index is 0.954. The van der Waals surface area contributed by atoms with Crippen molar-refractivity contribution in [3.8, 4) is 0 Å². The van der Waals surface area contributed by atoms with Gasteiger partial charge < -0.3 is 9.47 Å². The maximum atomic E-state index is 10.7. The molecule has 0 aliphatic heterocycles. The highest BCUT2D eigenvalue weighted by Crippen LogP contribution is 1.95. The fraction of sp³-hybridized carbons (Fsp3) is 0.500. The fourth-order valence-electron chi connectivity index (χ4n) is 0.478. The van der Waals surface area contributed by atoms with Crippen LogP contribution in [-0.4, -0.2) is 38.3 Å². The summed E-state index contributed by atoms with van der Waals surface area (Å²) in [5.41, 5.74) is 0. The Balaban J connectivity index is 4.53. The van der Waals surface area contributed by atoms with E-state index in [2.05, 4.69) is 14.5 Å². The van der Waals surface area contributed by atoms with Crippen molar-refractivity contribution in [2.24, 2.45) is 4.99 Å². The van der Waals surface area contributed by atoms with E-state index in [-0.39, 0.29) is 0 Å². The quantitative estimate of drug-likeness (QED) is 0.237. The van der Waals surface area contributed by atoms with E-state index in [0.717, 1.165) is 20.3 Å². The molecule has 0 aliphatic carbocycles. The van der Waals surface area contributed by atoms with Crippen molar-refractivity contribution in [2.45, 2.75) is 6.04 Å². The second-order valence-electron chi connectivity index (χ2n) is 1.67. The van der Waals surface area contributed by atoms with E-state index in [1.807, 2.05) is 0 Å². The third-order valence-corrected chi connectivity index (χ3v) is 1.03. The number of hydrogen-bond donors (Lipinski definition) is 0. The topological polar surface area (TPSA) is 82.0 Å². The lowest BCUT2D eigenvalue weighted by molar-refractivity contribution is -0.153. The Kier molecular flexibility index (Phi) is 4.33. The number of nitrogens with zero attached hydrogens (tertiary/aromatic N) is 1. The summed E-state index contributed by atoms with van der Waals surface area (Å²) in [4.78, 5) is 34.1. The van der Waals surface area contributed by atoms with Crippen LogP contribution in [0.1, 0.15) is 0 Å². The predicted octanol–water partition coefficient (Wildman–Crippen LogP) is -0.963. The van der Waals surface area contributed by atoms with Crippen LogP contribution in [0, 0.1) is 0 Å². The monoisotopic (exact) mass is 173 g/mol. The minimum Gasteiger partial charge on any atom is -0.467 e. The van der Waals surface area contributed by atoms with Gasteiger partial charge in [0.1, 0.15) is 0 Å². The number of carbonyl (C=O) groups is 2. The molecule has 0 fully saturated rings. The second-order valence-corrected chi connectivity index (χ2v) is 1.67. The number of methoxy groups -OCH3 is 2. The van der Waals surface area contributed by atoms with Crippen molar-refractivity contribution in [1.82, 2.24) is 0 Å². The minimum atomic E-state index is -1.56. The van der Waals surface area contributed by atoms with Crippen LogP contribution in [0.4, 0.5) is 0 Å². The summed E-state index contributed by atoms with van der Waals surface area (Å²) in [5, 5.41) is 0. The van der Waals surface area contributed by atoms with Gasteiger partial charge >= 0.3 is 11.9 Å². The molecule has 0 amide bonds. The Labute approximate surface area is 68.2 Å². The molecule has 0 aromatic heterocycles. The molecule has 12 heavy (non-hydrogen) atoms. The number of hydrogen-bond acceptors (Lipinski definition) is 6. The molecule has 0 saturated heterocycles. The summed E-state index contributed by atoms with van der Waals surface area (Å²) in [5.74, 6) is -1.91. The molecule has 6 nitrogen and oxygen atoms in total. The third kappa shape index (κ3) is 2.51. The van der Waals surface area contributed by atoms with Gasteiger partial charge in [-0.1, -0.05) is 0 Å². The average molecular weight is 173 g/mol. The lowest BCUT2D eigenvalue weighted by Crippen LogP contribution is -2.30. The molecule has 0 unspecified atom stereocenters. The van der Waals surface area contributed by atoms with E-state index < -0.39 is 18.0 Å². The Morgan fingerprint density at radius 3 is 1.92 bits per heavy atom. The predicted molar refractivity (Wildman–Crippen MR) is 35.9 cm³/mol. The van der Waals surface area contributed by atoms with Gasteiger partial charge in [0.15, 0.2) is 0 Å². The van der Waals surface area contributed by atoms with Gasteiger partial charge in [0, 0.05) is 0 Å². The van der Waals surface area contributed by atoms with Gasteiger partial charge in [-0.3, -0.25) is 0 Å². The van der Waals surface area contributed by atoms with E-state index in [9.17, 15) is 14.4 Å². The highest BCUT2D eigenvalue weighted by molar-refractivity contribution is 5.99. The zero-order valence-electron chi connectivity index (χ0n) is 6.57. The Morgan fingerprint density at radius 1 is 1.25 bits per heavy atom. The zero-order valence-corrected chi connectivity index (χ0v) is 6.57. The summed E-state index contributed by atoms with van der Waals surface area (Å²) in [6, 6.07) is -1.56. The van der Waals surface area contributed by atoms with Crippen LogP contribution < -0.4 is 0 Å². The van der Waals surface area contributed by atoms with Crippen LogP contribution in [0.15, 0.2) is 4.99 Å². The molecular weight excluding hydrogens is 166 g/mol. The smallest absolute Gasteiger partial charge is 0.343 e. The van der Waals surface area contributed by atoms with Gasteiger partial charge in [-0.05, 0) is 0 Å². The number of ether oxygens (including phenoxy) is 2. The Bertz CT molecular complexity index is 214. The first-order valence-electron chi connectivity index (χ1n) is 2.90. The van der Waals surface area contributed by atoms with Crippen molar-refractivity contribution >= 4 is 18.0 Å². The van der Waals surface area contributed by atoms with Gasteiger partial charge in [-0.25, -0.2) is 14.4 Å². The first kappa shape index (κ1) is 10.3. The van der Waals surface area contributed by atoms with Crippen molar-refractivity contribution in [2.75, 3.05) is 14.2 Å². The molecular formula is C6H7NO5. The van der Waals surface area contributed by atoms with E-state index >= 15 is 0 Å². The van der Waals surface area contributed by atoms with E-state index in [1.54, 1.807) is 0 Å². The van der Waals surface area contributed by atoms with Gasteiger partial charge in [-0.15, -0.1) is 0 Å². The lowest BCUT2D eigenvalue weighted by atomic mass is 10.3. The summed E-state index contributed by atoms with van der Waals surface area (Å²) in [6.45, 7) is 0. The van der Waals surface area contributed by atoms with Gasteiger partial charge in [0.05, 0.1) is 14.2 Å². The normalized spacial score (nSPS) is 8.58. The average Bonchev–Trinajstić information content (AvgIpc) is 2.11. The fourth-order valence-corrected chi connectivity index (χ4v) is 0.478. The number of carbonyl (C=O) groups excluding carboxylic acids is 3. The SMILES string of the molecule is COC(=O)C(N=C=O)C(=O)OC. The standard InChI is InChI=1S/C6H7NO5/c1-11-5(9)4(7-3-8)6(10)12-2/h4H,1-2H3. The molecule has 0 aromatic carbocycles. The molecule has 0 atom stereocenters. The van der Waals surface area contributed by atoms with Crippen molar-refractivity contribution in [3.05, 3.63) is 0 Å². The summed E-state index contributed by atoms with van der Waals surface area (Å²) >= 11 is 0. The molecule has 0 N–H and O–H groups in total. The number of isocyanates is 1. The second kappa shape index (κ2) is 5.03. The maximum absolute atomic E-state index is 10.7. The van der Waals surface area contributed by atoms with Crippen molar-refractivity contribution < 1.29 is 23.9 Å². The van der Waals surface area contributed by atoms with Gasteiger partial charge in [0.2, 0.25) is 6.08 Å². The van der Waals surface area contributed by atoms with Crippen LogP contribution in [-0.2, 0) is 23.9 Å². The van der Waals surface area contributed by atoms with Gasteiger partial charge in [-0.2, -0.15) is 4.99 Å². The third-order valence-electron chi connectivity index (χ3n) is 1.03. The lowest BCUT2D eigenvalue weighted by Gasteiger charge is -2.04. The molecule has 6 heteroatoms. The Hall–Kier alpha value is -1.68. The van der Waals surface area contributed by atoms with Crippen molar-refractivity contribution in [1.29, 1.82) is 0 Å². The number of rotatable bonds is 3.